The van der Waals surface area contributed by atoms with Crippen LogP contribution in [0.3, 0.4) is 0 Å². The summed E-state index contributed by atoms with van der Waals surface area (Å²) in [5.41, 5.74) is 1.02. The summed E-state index contributed by atoms with van der Waals surface area (Å²) in [4.78, 5) is 13.9. The summed E-state index contributed by atoms with van der Waals surface area (Å²) in [6.07, 6.45) is 2.09. The molecule has 0 unspecified atom stereocenters. The number of hydrogen-bond donors (Lipinski definition) is 2. The largest absolute Gasteiger partial charge is 0.370 e. The quantitative estimate of drug-likeness (QED) is 0.554. The van der Waals surface area contributed by atoms with Crippen LogP contribution in [0.4, 0.5) is 5.82 Å². The second kappa shape index (κ2) is 2.15. The second-order valence-corrected chi connectivity index (χ2v) is 2.85. The summed E-state index contributed by atoms with van der Waals surface area (Å²) in [6, 6.07) is 0. The lowest BCUT2D eigenvalue weighted by atomic mass is 10.2. The zero-order valence-corrected chi connectivity index (χ0v) is 6.48. The van der Waals surface area contributed by atoms with Crippen molar-refractivity contribution in [3.8, 4) is 0 Å². The van der Waals surface area contributed by atoms with Crippen LogP contribution in [0, 0.1) is 0 Å². The lowest BCUT2D eigenvalue weighted by Gasteiger charge is -2.13. The molecular weight excluding hydrogens is 142 g/mol. The maximum Gasteiger partial charge on any atom is 0.327 e. The van der Waals surface area contributed by atoms with Crippen LogP contribution < -0.4 is 11.0 Å². The van der Waals surface area contributed by atoms with Gasteiger partial charge in [0.2, 0.25) is 0 Å². The van der Waals surface area contributed by atoms with Crippen LogP contribution in [0.2, 0.25) is 0 Å². The predicted octanol–water partition coefficient (Wildman–Crippen LogP) is 0.0715. The number of imidazole rings is 1. The summed E-state index contributed by atoms with van der Waals surface area (Å²) < 4.78 is 1.62. The van der Waals surface area contributed by atoms with E-state index in [-0.39, 0.29) is 5.69 Å². The summed E-state index contributed by atoms with van der Waals surface area (Å²) >= 11 is 0. The van der Waals surface area contributed by atoms with E-state index in [0.717, 1.165) is 30.9 Å². The molecule has 60 valence electrons. The van der Waals surface area contributed by atoms with E-state index >= 15 is 0 Å². The number of aromatic amines is 1. The van der Waals surface area contributed by atoms with Gasteiger partial charge in [-0.2, -0.15) is 0 Å². The molecular formula is C7H11N3O. The number of anilines is 1. The van der Waals surface area contributed by atoms with Gasteiger partial charge in [0.1, 0.15) is 5.82 Å². The van der Waals surface area contributed by atoms with Gasteiger partial charge in [0.05, 0.1) is 5.69 Å². The van der Waals surface area contributed by atoms with Gasteiger partial charge in [0.25, 0.3) is 0 Å². The molecule has 0 amide bonds. The van der Waals surface area contributed by atoms with E-state index < -0.39 is 0 Å². The SMILES string of the molecule is Cn1c2c([nH]c1=O)CCCN2. The zero-order chi connectivity index (χ0) is 7.84. The summed E-state index contributed by atoms with van der Waals surface area (Å²) in [5.74, 6) is 0.959. The molecule has 11 heavy (non-hydrogen) atoms. The Morgan fingerprint density at radius 1 is 1.55 bits per heavy atom. The standard InChI is InChI=1S/C7H11N3O/c1-10-6-5(9-7(10)11)3-2-4-8-6/h8H,2-4H2,1H3,(H,9,11). The molecule has 1 aromatic heterocycles. The molecule has 0 atom stereocenters. The van der Waals surface area contributed by atoms with Crippen molar-refractivity contribution in [1.82, 2.24) is 9.55 Å². The highest BCUT2D eigenvalue weighted by atomic mass is 16.1. The van der Waals surface area contributed by atoms with Gasteiger partial charge in [0.15, 0.2) is 0 Å². The van der Waals surface area contributed by atoms with E-state index in [2.05, 4.69) is 10.3 Å². The first kappa shape index (κ1) is 6.52. The van der Waals surface area contributed by atoms with E-state index in [4.69, 9.17) is 0 Å². The molecule has 0 spiro atoms. The predicted molar refractivity (Wildman–Crippen MR) is 42.8 cm³/mol. The molecule has 2 heterocycles. The van der Waals surface area contributed by atoms with Crippen molar-refractivity contribution >= 4 is 5.82 Å². The van der Waals surface area contributed by atoms with E-state index in [0.29, 0.717) is 0 Å². The van der Waals surface area contributed by atoms with Gasteiger partial charge in [-0.25, -0.2) is 4.79 Å². The van der Waals surface area contributed by atoms with Gasteiger partial charge < -0.3 is 10.3 Å². The van der Waals surface area contributed by atoms with Gasteiger partial charge in [-0.05, 0) is 12.8 Å². The third-order valence-corrected chi connectivity index (χ3v) is 2.08. The van der Waals surface area contributed by atoms with Crippen LogP contribution in [0.25, 0.3) is 0 Å². The number of fused-ring (bicyclic) bond motifs is 1. The number of H-pyrrole nitrogens is 1. The summed E-state index contributed by atoms with van der Waals surface area (Å²) in [7, 11) is 1.77. The van der Waals surface area contributed by atoms with Crippen molar-refractivity contribution in [3.05, 3.63) is 16.2 Å². The molecule has 2 rings (SSSR count). The first-order valence-corrected chi connectivity index (χ1v) is 3.81. The lowest BCUT2D eigenvalue weighted by Crippen LogP contribution is -2.16. The highest BCUT2D eigenvalue weighted by molar-refractivity contribution is 5.43. The van der Waals surface area contributed by atoms with Gasteiger partial charge in [-0.1, -0.05) is 0 Å². The average molecular weight is 153 g/mol. The molecule has 1 aromatic rings. The Hall–Kier alpha value is -1.19. The monoisotopic (exact) mass is 153 g/mol. The van der Waals surface area contributed by atoms with Gasteiger partial charge in [0, 0.05) is 13.6 Å². The van der Waals surface area contributed by atoms with Crippen molar-refractivity contribution < 1.29 is 0 Å². The van der Waals surface area contributed by atoms with Crippen LogP contribution >= 0.6 is 0 Å². The van der Waals surface area contributed by atoms with Crippen LogP contribution in [-0.2, 0) is 13.5 Å². The molecule has 0 bridgehead atoms. The fourth-order valence-corrected chi connectivity index (χ4v) is 1.45. The van der Waals surface area contributed by atoms with Crippen molar-refractivity contribution in [3.63, 3.8) is 0 Å². The minimum atomic E-state index is -0.0237. The molecule has 1 aliphatic rings. The van der Waals surface area contributed by atoms with Gasteiger partial charge in [-0.15, -0.1) is 0 Å². The lowest BCUT2D eigenvalue weighted by molar-refractivity contribution is 0.791. The maximum atomic E-state index is 11.1. The highest BCUT2D eigenvalue weighted by Gasteiger charge is 2.13. The van der Waals surface area contributed by atoms with Gasteiger partial charge in [-0.3, -0.25) is 4.57 Å². The van der Waals surface area contributed by atoms with Crippen molar-refractivity contribution in [2.45, 2.75) is 12.8 Å². The molecule has 2 N–H and O–H groups in total. The number of rotatable bonds is 0. The smallest absolute Gasteiger partial charge is 0.327 e. The Morgan fingerprint density at radius 2 is 2.36 bits per heavy atom. The van der Waals surface area contributed by atoms with E-state index in [1.807, 2.05) is 0 Å². The molecule has 0 saturated carbocycles. The Kier molecular flexibility index (Phi) is 1.27. The minimum Gasteiger partial charge on any atom is -0.370 e. The molecule has 4 nitrogen and oxygen atoms in total. The second-order valence-electron chi connectivity index (χ2n) is 2.85. The van der Waals surface area contributed by atoms with Crippen molar-refractivity contribution in [1.29, 1.82) is 0 Å². The Morgan fingerprint density at radius 3 is 3.09 bits per heavy atom. The third kappa shape index (κ3) is 0.859. The number of hydrogen-bond acceptors (Lipinski definition) is 2. The Balaban J connectivity index is 2.59. The molecule has 0 fully saturated rings. The maximum absolute atomic E-state index is 11.1. The van der Waals surface area contributed by atoms with E-state index in [1.165, 1.54) is 0 Å². The Labute approximate surface area is 64.2 Å². The summed E-state index contributed by atoms with van der Waals surface area (Å²) in [5, 5.41) is 3.18. The summed E-state index contributed by atoms with van der Waals surface area (Å²) in [6.45, 7) is 0.970. The Bertz CT molecular complexity index is 323. The van der Waals surface area contributed by atoms with Gasteiger partial charge >= 0.3 is 5.69 Å². The molecule has 4 heteroatoms. The average Bonchev–Trinajstić information content (AvgIpc) is 2.30. The zero-order valence-electron chi connectivity index (χ0n) is 6.48. The number of aromatic nitrogens is 2. The van der Waals surface area contributed by atoms with E-state index in [9.17, 15) is 4.79 Å². The normalized spacial score (nSPS) is 15.7. The van der Waals surface area contributed by atoms with Crippen molar-refractivity contribution in [2.75, 3.05) is 11.9 Å². The topological polar surface area (TPSA) is 49.8 Å². The van der Waals surface area contributed by atoms with Crippen molar-refractivity contribution in [2.24, 2.45) is 7.05 Å². The number of aryl methyl sites for hydroxylation is 1. The first-order chi connectivity index (χ1) is 5.29. The third-order valence-electron chi connectivity index (χ3n) is 2.08. The molecule has 1 aliphatic heterocycles. The fraction of sp³-hybridized carbons (Fsp3) is 0.571. The van der Waals surface area contributed by atoms with Crippen LogP contribution in [0.15, 0.2) is 4.79 Å². The first-order valence-electron chi connectivity index (χ1n) is 3.81. The van der Waals surface area contributed by atoms with Crippen LogP contribution in [-0.4, -0.2) is 16.1 Å². The van der Waals surface area contributed by atoms with E-state index in [1.54, 1.807) is 11.6 Å². The minimum absolute atomic E-state index is 0.0237. The fourth-order valence-electron chi connectivity index (χ4n) is 1.45. The number of nitrogens with one attached hydrogen (secondary N) is 2. The van der Waals surface area contributed by atoms with Crippen LogP contribution in [0.1, 0.15) is 12.1 Å². The number of nitrogens with zero attached hydrogens (tertiary/aromatic N) is 1. The molecule has 0 saturated heterocycles. The molecule has 0 aromatic carbocycles. The molecule has 0 aliphatic carbocycles. The highest BCUT2D eigenvalue weighted by Crippen LogP contribution is 2.16. The molecule has 0 radical (unpaired) electrons. The van der Waals surface area contributed by atoms with Crippen LogP contribution in [0.5, 0.6) is 0 Å².